The molecule has 1 aliphatic heterocycles. The lowest BCUT2D eigenvalue weighted by Crippen LogP contribution is -2.51. The zero-order valence-electron chi connectivity index (χ0n) is 22.0. The molecule has 3 heterocycles. The molecule has 200 valence electrons. The monoisotopic (exact) mass is 537 g/mol. The number of pyridine rings is 1. The maximum absolute atomic E-state index is 13.6. The van der Waals surface area contributed by atoms with Crippen LogP contribution in [-0.4, -0.2) is 65.7 Å². The summed E-state index contributed by atoms with van der Waals surface area (Å²) in [5, 5.41) is 5.50. The molecule has 0 bridgehead atoms. The second kappa shape index (κ2) is 10.4. The average Bonchev–Trinajstić information content (AvgIpc) is 3.31. The van der Waals surface area contributed by atoms with Crippen molar-refractivity contribution in [2.45, 2.75) is 31.7 Å². The highest BCUT2D eigenvalue weighted by molar-refractivity contribution is 7.89. The quantitative estimate of drug-likeness (QED) is 0.343. The number of sulfonamides is 1. The molecule has 38 heavy (non-hydrogen) atoms. The third kappa shape index (κ3) is 5.03. The molecule has 0 aliphatic carbocycles. The summed E-state index contributed by atoms with van der Waals surface area (Å²) >= 11 is 0. The van der Waals surface area contributed by atoms with Crippen LogP contribution in [0.1, 0.15) is 31.0 Å². The van der Waals surface area contributed by atoms with Gasteiger partial charge >= 0.3 is 0 Å². The van der Waals surface area contributed by atoms with E-state index < -0.39 is 10.0 Å². The van der Waals surface area contributed by atoms with E-state index in [0.29, 0.717) is 31.4 Å². The molecule has 0 unspecified atom stereocenters. The van der Waals surface area contributed by atoms with Gasteiger partial charge in [-0.25, -0.2) is 22.5 Å². The Bertz CT molecular complexity index is 1540. The first kappa shape index (κ1) is 26.3. The van der Waals surface area contributed by atoms with Gasteiger partial charge in [0.25, 0.3) is 0 Å². The maximum Gasteiger partial charge on any atom is 0.244 e. The SMILES string of the molecule is COc1ccc(S(=O)(=O)N2CCN(CC(C)C)[C@@H](c3cc4cnn(-c5ccc(F)cc5)c4cc3C)C2)cn1. The van der Waals surface area contributed by atoms with E-state index >= 15 is 0 Å². The summed E-state index contributed by atoms with van der Waals surface area (Å²) in [6.45, 7) is 8.61. The van der Waals surface area contributed by atoms with Crippen LogP contribution in [0.4, 0.5) is 4.39 Å². The van der Waals surface area contributed by atoms with Crippen LogP contribution in [0.5, 0.6) is 5.88 Å². The number of aryl methyl sites for hydroxylation is 1. The summed E-state index contributed by atoms with van der Waals surface area (Å²) in [7, 11) is -2.23. The highest BCUT2D eigenvalue weighted by Gasteiger charge is 2.36. The molecule has 2 aromatic heterocycles. The standard InChI is InChI=1S/C28H32FN5O3S/c1-19(2)17-32-11-12-33(38(35,36)24-9-10-28(37-4)30-16-24)18-27(32)25-14-21-15-31-34(26(21)13-20(25)3)23-7-5-22(29)6-8-23/h5-10,13-16,19,27H,11-12,17-18H2,1-4H3/t27-/m1/s1. The summed E-state index contributed by atoms with van der Waals surface area (Å²) in [4.78, 5) is 6.63. The predicted molar refractivity (Wildman–Crippen MR) is 144 cm³/mol. The van der Waals surface area contributed by atoms with E-state index in [0.717, 1.165) is 34.3 Å². The number of benzene rings is 2. The van der Waals surface area contributed by atoms with E-state index in [1.54, 1.807) is 33.4 Å². The molecule has 5 rings (SSSR count). The fourth-order valence-electron chi connectivity index (χ4n) is 5.13. The Hall–Kier alpha value is -3.34. The zero-order valence-corrected chi connectivity index (χ0v) is 22.8. The fraction of sp³-hybridized carbons (Fsp3) is 0.357. The Balaban J connectivity index is 1.51. The number of aromatic nitrogens is 3. The minimum atomic E-state index is -3.73. The minimum Gasteiger partial charge on any atom is -0.481 e. The van der Waals surface area contributed by atoms with Crippen LogP contribution in [0.15, 0.2) is 65.8 Å². The molecule has 0 amide bonds. The van der Waals surface area contributed by atoms with E-state index in [9.17, 15) is 12.8 Å². The van der Waals surface area contributed by atoms with Gasteiger partial charge in [-0.2, -0.15) is 9.40 Å². The van der Waals surface area contributed by atoms with Crippen LogP contribution < -0.4 is 4.74 Å². The first-order chi connectivity index (χ1) is 18.2. The molecule has 0 radical (unpaired) electrons. The van der Waals surface area contributed by atoms with Gasteiger partial charge in [0.2, 0.25) is 15.9 Å². The van der Waals surface area contributed by atoms with Crippen molar-refractivity contribution in [1.82, 2.24) is 24.0 Å². The van der Waals surface area contributed by atoms with E-state index in [-0.39, 0.29) is 16.8 Å². The van der Waals surface area contributed by atoms with Crippen molar-refractivity contribution in [3.8, 4) is 11.6 Å². The Morgan fingerprint density at radius 3 is 2.50 bits per heavy atom. The van der Waals surface area contributed by atoms with Gasteiger partial charge in [0.15, 0.2) is 0 Å². The fourth-order valence-corrected chi connectivity index (χ4v) is 6.51. The second-order valence-electron chi connectivity index (χ2n) is 10.1. The molecule has 10 heteroatoms. The summed E-state index contributed by atoms with van der Waals surface area (Å²) in [6.07, 6.45) is 3.15. The van der Waals surface area contributed by atoms with Crippen LogP contribution in [0.25, 0.3) is 16.6 Å². The molecule has 1 fully saturated rings. The number of nitrogens with zero attached hydrogens (tertiary/aromatic N) is 5. The third-order valence-corrected chi connectivity index (χ3v) is 8.84. The number of halogens is 1. The van der Waals surface area contributed by atoms with Crippen molar-refractivity contribution < 1.29 is 17.5 Å². The first-order valence-corrected chi connectivity index (χ1v) is 14.1. The lowest BCUT2D eigenvalue weighted by molar-refractivity contribution is 0.105. The second-order valence-corrected chi connectivity index (χ2v) is 12.0. The van der Waals surface area contributed by atoms with Gasteiger partial charge < -0.3 is 4.74 Å². The third-order valence-electron chi connectivity index (χ3n) is 7.00. The van der Waals surface area contributed by atoms with Crippen LogP contribution >= 0.6 is 0 Å². The summed E-state index contributed by atoms with van der Waals surface area (Å²) < 4.78 is 49.0. The van der Waals surface area contributed by atoms with Gasteiger partial charge in [-0.3, -0.25) is 4.90 Å². The van der Waals surface area contributed by atoms with Crippen molar-refractivity contribution >= 4 is 20.9 Å². The largest absolute Gasteiger partial charge is 0.481 e. The molecule has 1 aliphatic rings. The van der Waals surface area contributed by atoms with Gasteiger partial charge in [0.1, 0.15) is 10.7 Å². The van der Waals surface area contributed by atoms with E-state index in [1.807, 2.05) is 6.92 Å². The number of methoxy groups -OCH3 is 1. The lowest BCUT2D eigenvalue weighted by Gasteiger charge is -2.42. The minimum absolute atomic E-state index is 0.120. The lowest BCUT2D eigenvalue weighted by atomic mass is 9.96. The van der Waals surface area contributed by atoms with Gasteiger partial charge in [-0.15, -0.1) is 0 Å². The molecule has 1 saturated heterocycles. The van der Waals surface area contributed by atoms with Crippen molar-refractivity contribution in [2.75, 3.05) is 33.3 Å². The Kier molecular flexibility index (Phi) is 7.21. The molecular weight excluding hydrogens is 505 g/mol. The van der Waals surface area contributed by atoms with Gasteiger partial charge in [0, 0.05) is 43.7 Å². The number of ether oxygens (including phenoxy) is 1. The van der Waals surface area contributed by atoms with E-state index in [4.69, 9.17) is 4.74 Å². The van der Waals surface area contributed by atoms with E-state index in [1.165, 1.54) is 31.5 Å². The van der Waals surface area contributed by atoms with Crippen molar-refractivity contribution in [2.24, 2.45) is 5.92 Å². The van der Waals surface area contributed by atoms with Gasteiger partial charge in [0.05, 0.1) is 30.7 Å². The topological polar surface area (TPSA) is 80.6 Å². The predicted octanol–water partition coefficient (Wildman–Crippen LogP) is 4.58. The molecule has 0 spiro atoms. The molecule has 1 atom stereocenters. The number of rotatable bonds is 7. The number of piperazine rings is 1. The van der Waals surface area contributed by atoms with Crippen LogP contribution in [0.2, 0.25) is 0 Å². The van der Waals surface area contributed by atoms with Gasteiger partial charge in [-0.1, -0.05) is 13.8 Å². The van der Waals surface area contributed by atoms with Crippen LogP contribution in [0, 0.1) is 18.7 Å². The Labute approximate surface area is 222 Å². The maximum atomic E-state index is 13.6. The first-order valence-electron chi connectivity index (χ1n) is 12.7. The van der Waals surface area contributed by atoms with Crippen molar-refractivity contribution in [3.05, 3.63) is 77.9 Å². The van der Waals surface area contributed by atoms with Crippen molar-refractivity contribution in [1.29, 1.82) is 0 Å². The van der Waals surface area contributed by atoms with Crippen molar-refractivity contribution in [3.63, 3.8) is 0 Å². The van der Waals surface area contributed by atoms with E-state index in [2.05, 4.69) is 41.0 Å². The number of hydrogen-bond acceptors (Lipinski definition) is 6. The summed E-state index contributed by atoms with van der Waals surface area (Å²) in [5.41, 5.74) is 3.81. The van der Waals surface area contributed by atoms with Crippen LogP contribution in [-0.2, 0) is 10.0 Å². The van der Waals surface area contributed by atoms with Crippen LogP contribution in [0.3, 0.4) is 0 Å². The molecular formula is C28H32FN5O3S. The number of hydrogen-bond donors (Lipinski definition) is 0. The zero-order chi connectivity index (χ0) is 27.0. The smallest absolute Gasteiger partial charge is 0.244 e. The highest BCUT2D eigenvalue weighted by atomic mass is 32.2. The summed E-state index contributed by atoms with van der Waals surface area (Å²) in [5.74, 6) is 0.501. The Morgan fingerprint density at radius 2 is 1.84 bits per heavy atom. The normalized spacial score (nSPS) is 17.4. The molecule has 2 aromatic carbocycles. The average molecular weight is 538 g/mol. The Morgan fingerprint density at radius 1 is 1.08 bits per heavy atom. The molecule has 0 saturated carbocycles. The number of fused-ring (bicyclic) bond motifs is 1. The molecule has 8 nitrogen and oxygen atoms in total. The molecule has 4 aromatic rings. The molecule has 0 N–H and O–H groups in total. The summed E-state index contributed by atoms with van der Waals surface area (Å²) in [6, 6.07) is 13.4. The van der Waals surface area contributed by atoms with Gasteiger partial charge in [-0.05, 0) is 66.4 Å². The highest BCUT2D eigenvalue weighted by Crippen LogP contribution is 2.34.